The second-order valence-electron chi connectivity index (χ2n) is 5.33. The summed E-state index contributed by atoms with van der Waals surface area (Å²) in [7, 11) is 0. The van der Waals surface area contributed by atoms with Crippen molar-refractivity contribution in [1.29, 1.82) is 0 Å². The van der Waals surface area contributed by atoms with E-state index in [4.69, 9.17) is 0 Å². The molecular weight excluding hydrogens is 280 g/mol. The van der Waals surface area contributed by atoms with E-state index in [-0.39, 0.29) is 0 Å². The fourth-order valence-electron chi connectivity index (χ4n) is 2.63. The van der Waals surface area contributed by atoms with Crippen molar-refractivity contribution in [3.8, 4) is 0 Å². The van der Waals surface area contributed by atoms with Gasteiger partial charge in [-0.2, -0.15) is 5.10 Å². The Hall–Kier alpha value is -2.63. The van der Waals surface area contributed by atoms with Gasteiger partial charge in [-0.05, 0) is 49.4 Å². The van der Waals surface area contributed by atoms with E-state index in [0.717, 1.165) is 19.3 Å². The van der Waals surface area contributed by atoms with Gasteiger partial charge in [-0.25, -0.2) is 0 Å². The number of aromatic nitrogens is 2. The lowest BCUT2D eigenvalue weighted by atomic mass is 10.1. The van der Waals surface area contributed by atoms with Crippen LogP contribution in [-0.4, -0.2) is 21.6 Å². The number of nitrogens with one attached hydrogen (secondary N) is 2. The van der Waals surface area contributed by atoms with Crippen LogP contribution in [0.25, 0.3) is 0 Å². The molecule has 114 valence electrons. The molecule has 0 saturated heterocycles. The summed E-state index contributed by atoms with van der Waals surface area (Å²) >= 11 is 0. The number of rotatable bonds is 3. The molecule has 1 aliphatic rings. The molecule has 0 radical (unpaired) electrons. The molecule has 22 heavy (non-hydrogen) atoms. The van der Waals surface area contributed by atoms with Crippen LogP contribution in [0.5, 0.6) is 0 Å². The van der Waals surface area contributed by atoms with Gasteiger partial charge < -0.3 is 10.6 Å². The first-order chi connectivity index (χ1) is 10.7. The van der Waals surface area contributed by atoms with Crippen molar-refractivity contribution in [2.24, 2.45) is 0 Å². The second-order valence-corrected chi connectivity index (χ2v) is 5.33. The number of benzene rings is 1. The number of hydrogen-bond donors (Lipinski definition) is 2. The monoisotopic (exact) mass is 298 g/mol. The lowest BCUT2D eigenvalue weighted by molar-refractivity contribution is -0.132. The van der Waals surface area contributed by atoms with Crippen LogP contribution < -0.4 is 10.6 Å². The van der Waals surface area contributed by atoms with Gasteiger partial charge in [-0.3, -0.25) is 14.3 Å². The van der Waals surface area contributed by atoms with E-state index < -0.39 is 11.8 Å². The van der Waals surface area contributed by atoms with E-state index in [0.29, 0.717) is 17.9 Å². The number of amides is 2. The highest BCUT2D eigenvalue weighted by Crippen LogP contribution is 2.24. The van der Waals surface area contributed by atoms with Gasteiger partial charge >= 0.3 is 11.8 Å². The maximum atomic E-state index is 11.9. The Morgan fingerprint density at radius 2 is 1.86 bits per heavy atom. The zero-order valence-electron chi connectivity index (χ0n) is 12.4. The first-order valence-corrected chi connectivity index (χ1v) is 7.42. The predicted octanol–water partition coefficient (Wildman–Crippen LogP) is 1.97. The third kappa shape index (κ3) is 3.00. The summed E-state index contributed by atoms with van der Waals surface area (Å²) in [4.78, 5) is 23.8. The van der Waals surface area contributed by atoms with Crippen LogP contribution in [0.1, 0.15) is 24.5 Å². The normalized spacial score (nSPS) is 12.8. The molecule has 0 unspecified atom stereocenters. The molecule has 2 N–H and O–H groups in total. The Morgan fingerprint density at radius 1 is 1.14 bits per heavy atom. The van der Waals surface area contributed by atoms with Crippen LogP contribution in [0, 0.1) is 0 Å². The van der Waals surface area contributed by atoms with E-state index in [9.17, 15) is 9.59 Å². The summed E-state index contributed by atoms with van der Waals surface area (Å²) in [5, 5.41) is 9.21. The van der Waals surface area contributed by atoms with Gasteiger partial charge in [0.1, 0.15) is 0 Å². The summed E-state index contributed by atoms with van der Waals surface area (Å²) in [6.07, 6.45) is 6.46. The fraction of sp³-hybridized carbons (Fsp3) is 0.312. The molecule has 0 saturated carbocycles. The highest BCUT2D eigenvalue weighted by molar-refractivity contribution is 6.43. The minimum Gasteiger partial charge on any atom is -0.318 e. The van der Waals surface area contributed by atoms with Crippen molar-refractivity contribution in [3.05, 3.63) is 41.7 Å². The highest BCUT2D eigenvalue weighted by atomic mass is 16.2. The van der Waals surface area contributed by atoms with E-state index >= 15 is 0 Å². The Bertz CT molecular complexity index is 721. The van der Waals surface area contributed by atoms with Gasteiger partial charge in [0.15, 0.2) is 0 Å². The zero-order chi connectivity index (χ0) is 15.5. The third-order valence-corrected chi connectivity index (χ3v) is 3.78. The largest absolute Gasteiger partial charge is 0.318 e. The van der Waals surface area contributed by atoms with Crippen molar-refractivity contribution in [2.45, 2.75) is 32.7 Å². The standard InChI is InChI=1S/C16H18N4O2/c1-2-20-10-14(9-17-20)19-16(22)15(21)18-13-7-6-11-4-3-5-12(11)8-13/h6-10H,2-5H2,1H3,(H,18,21)(H,19,22). The summed E-state index contributed by atoms with van der Waals surface area (Å²) in [5.74, 6) is -1.38. The van der Waals surface area contributed by atoms with Crippen LogP contribution >= 0.6 is 0 Å². The average Bonchev–Trinajstić information content (AvgIpc) is 3.15. The van der Waals surface area contributed by atoms with Gasteiger partial charge in [0, 0.05) is 18.4 Å². The molecule has 6 nitrogen and oxygen atoms in total. The minimum absolute atomic E-state index is 0.510. The van der Waals surface area contributed by atoms with Crippen molar-refractivity contribution >= 4 is 23.2 Å². The van der Waals surface area contributed by atoms with Crippen LogP contribution in [0.15, 0.2) is 30.6 Å². The van der Waals surface area contributed by atoms with Crippen LogP contribution in [0.2, 0.25) is 0 Å². The fourth-order valence-corrected chi connectivity index (χ4v) is 2.63. The summed E-state index contributed by atoms with van der Waals surface area (Å²) in [5.41, 5.74) is 3.75. The first kappa shape index (κ1) is 14.3. The molecule has 6 heteroatoms. The smallest absolute Gasteiger partial charge is 0.314 e. The van der Waals surface area contributed by atoms with E-state index in [1.54, 1.807) is 10.9 Å². The Kier molecular flexibility index (Phi) is 3.91. The topological polar surface area (TPSA) is 76.0 Å². The Labute approximate surface area is 128 Å². The van der Waals surface area contributed by atoms with Crippen LogP contribution in [0.3, 0.4) is 0 Å². The minimum atomic E-state index is -0.698. The number of anilines is 2. The molecule has 3 rings (SSSR count). The molecule has 0 fully saturated rings. The molecular formula is C16H18N4O2. The Balaban J connectivity index is 1.62. The highest BCUT2D eigenvalue weighted by Gasteiger charge is 2.16. The number of carbonyl (C=O) groups is 2. The van der Waals surface area contributed by atoms with Crippen molar-refractivity contribution < 1.29 is 9.59 Å². The molecule has 0 spiro atoms. The number of aryl methyl sites for hydroxylation is 3. The maximum absolute atomic E-state index is 11.9. The quantitative estimate of drug-likeness (QED) is 0.851. The molecule has 2 aromatic rings. The summed E-state index contributed by atoms with van der Waals surface area (Å²) < 4.78 is 1.67. The maximum Gasteiger partial charge on any atom is 0.314 e. The molecule has 1 aromatic heterocycles. The van der Waals surface area contributed by atoms with Crippen molar-refractivity contribution in [2.75, 3.05) is 10.6 Å². The van der Waals surface area contributed by atoms with Crippen molar-refractivity contribution in [1.82, 2.24) is 9.78 Å². The number of carbonyl (C=O) groups excluding carboxylic acids is 2. The molecule has 0 atom stereocenters. The van der Waals surface area contributed by atoms with Gasteiger partial charge in [-0.15, -0.1) is 0 Å². The predicted molar refractivity (Wildman–Crippen MR) is 83.6 cm³/mol. The molecule has 0 aliphatic heterocycles. The molecule has 1 aliphatic carbocycles. The SMILES string of the molecule is CCn1cc(NC(=O)C(=O)Nc2ccc3c(c2)CCC3)cn1. The number of nitrogens with zero attached hydrogens (tertiary/aromatic N) is 2. The molecule has 2 amide bonds. The van der Waals surface area contributed by atoms with E-state index in [2.05, 4.69) is 15.7 Å². The summed E-state index contributed by atoms with van der Waals surface area (Å²) in [6, 6.07) is 5.80. The molecule has 0 bridgehead atoms. The van der Waals surface area contributed by atoms with Gasteiger partial charge in [-0.1, -0.05) is 6.07 Å². The number of hydrogen-bond acceptors (Lipinski definition) is 3. The van der Waals surface area contributed by atoms with Crippen LogP contribution in [-0.2, 0) is 29.0 Å². The van der Waals surface area contributed by atoms with E-state index in [1.807, 2.05) is 25.1 Å². The zero-order valence-corrected chi connectivity index (χ0v) is 12.4. The van der Waals surface area contributed by atoms with E-state index in [1.165, 1.54) is 17.3 Å². The first-order valence-electron chi connectivity index (χ1n) is 7.42. The second kappa shape index (κ2) is 6.01. The third-order valence-electron chi connectivity index (χ3n) is 3.78. The summed E-state index contributed by atoms with van der Waals surface area (Å²) in [6.45, 7) is 2.65. The Morgan fingerprint density at radius 3 is 2.59 bits per heavy atom. The van der Waals surface area contributed by atoms with Gasteiger partial charge in [0.2, 0.25) is 0 Å². The van der Waals surface area contributed by atoms with Crippen molar-refractivity contribution in [3.63, 3.8) is 0 Å². The molecule has 1 aromatic carbocycles. The molecule has 1 heterocycles. The number of fused-ring (bicyclic) bond motifs is 1. The van der Waals surface area contributed by atoms with Gasteiger partial charge in [0.05, 0.1) is 11.9 Å². The lowest BCUT2D eigenvalue weighted by Gasteiger charge is -2.07. The average molecular weight is 298 g/mol. The van der Waals surface area contributed by atoms with Crippen LogP contribution in [0.4, 0.5) is 11.4 Å². The lowest BCUT2D eigenvalue weighted by Crippen LogP contribution is -2.29. The van der Waals surface area contributed by atoms with Gasteiger partial charge in [0.25, 0.3) is 0 Å².